The van der Waals surface area contributed by atoms with Crippen LogP contribution < -0.4 is 15.5 Å². The van der Waals surface area contributed by atoms with E-state index >= 15 is 0 Å². The maximum Gasteiger partial charge on any atom is 0.419 e. The van der Waals surface area contributed by atoms with Crippen molar-refractivity contribution in [2.24, 2.45) is 0 Å². The Bertz CT molecular complexity index is 1290. The quantitative estimate of drug-likeness (QED) is 0.357. The Labute approximate surface area is 202 Å². The van der Waals surface area contributed by atoms with Crippen LogP contribution in [0.5, 0.6) is 0 Å². The molecule has 0 atom stereocenters. The Balaban J connectivity index is 1.71. The van der Waals surface area contributed by atoms with E-state index in [1.54, 1.807) is 4.90 Å². The van der Waals surface area contributed by atoms with E-state index in [-0.39, 0.29) is 17.2 Å². The van der Waals surface area contributed by atoms with Gasteiger partial charge in [0.1, 0.15) is 17.2 Å². The zero-order valence-corrected chi connectivity index (χ0v) is 18.7. The Kier molecular flexibility index (Phi) is 7.15. The number of ether oxygens (including phenoxy) is 1. The lowest BCUT2D eigenvalue weighted by atomic mass is 10.1. The van der Waals surface area contributed by atoms with Crippen molar-refractivity contribution in [3.63, 3.8) is 0 Å². The maximum atomic E-state index is 14.4. The number of nitrogens with zero attached hydrogens (tertiary/aromatic N) is 3. The number of rotatable bonds is 6. The van der Waals surface area contributed by atoms with Gasteiger partial charge in [-0.1, -0.05) is 6.58 Å². The van der Waals surface area contributed by atoms with Gasteiger partial charge in [0.2, 0.25) is 11.9 Å². The minimum absolute atomic E-state index is 0.0789. The van der Waals surface area contributed by atoms with Gasteiger partial charge in [-0.25, -0.2) is 18.7 Å². The average molecular weight is 505 g/mol. The maximum absolute atomic E-state index is 14.4. The molecule has 1 aromatic heterocycles. The van der Waals surface area contributed by atoms with Gasteiger partial charge in [0.15, 0.2) is 0 Å². The molecule has 1 aliphatic heterocycles. The number of nitrogens with one attached hydrogen (secondary N) is 2. The molecule has 1 saturated heterocycles. The van der Waals surface area contributed by atoms with Crippen LogP contribution in [0.4, 0.5) is 45.0 Å². The predicted octanol–water partition coefficient (Wildman–Crippen LogP) is 5.15. The second-order valence-corrected chi connectivity index (χ2v) is 7.77. The molecule has 4 rings (SSSR count). The lowest BCUT2D eigenvalue weighted by molar-refractivity contribution is -0.137. The fourth-order valence-electron chi connectivity index (χ4n) is 3.63. The molecular formula is C24H20F5N5O2. The van der Waals surface area contributed by atoms with Crippen LogP contribution in [0.25, 0.3) is 11.3 Å². The van der Waals surface area contributed by atoms with Gasteiger partial charge in [-0.2, -0.15) is 13.2 Å². The van der Waals surface area contributed by atoms with Crippen LogP contribution in [0, 0.1) is 11.6 Å². The minimum atomic E-state index is -4.84. The number of morpholine rings is 1. The summed E-state index contributed by atoms with van der Waals surface area (Å²) in [5.74, 6) is -2.24. The lowest BCUT2D eigenvalue weighted by Gasteiger charge is -2.29. The molecule has 1 fully saturated rings. The van der Waals surface area contributed by atoms with Crippen molar-refractivity contribution in [2.45, 2.75) is 6.18 Å². The molecule has 0 unspecified atom stereocenters. The first-order valence-corrected chi connectivity index (χ1v) is 10.7. The Morgan fingerprint density at radius 3 is 2.53 bits per heavy atom. The third-order valence-electron chi connectivity index (χ3n) is 5.27. The molecular weight excluding hydrogens is 485 g/mol. The van der Waals surface area contributed by atoms with Crippen LogP contribution in [0.2, 0.25) is 0 Å². The summed E-state index contributed by atoms with van der Waals surface area (Å²) in [6, 6.07) is 7.07. The van der Waals surface area contributed by atoms with Crippen molar-refractivity contribution in [2.75, 3.05) is 41.8 Å². The Morgan fingerprint density at radius 2 is 1.83 bits per heavy atom. The molecule has 0 spiro atoms. The molecule has 0 aliphatic carbocycles. The molecule has 1 aliphatic rings. The highest BCUT2D eigenvalue weighted by Gasteiger charge is 2.35. The van der Waals surface area contributed by atoms with Crippen LogP contribution in [-0.2, 0) is 15.7 Å². The van der Waals surface area contributed by atoms with E-state index in [4.69, 9.17) is 4.74 Å². The number of aromatic nitrogens is 2. The zero-order chi connectivity index (χ0) is 25.9. The topological polar surface area (TPSA) is 79.4 Å². The van der Waals surface area contributed by atoms with Gasteiger partial charge in [-0.15, -0.1) is 0 Å². The van der Waals surface area contributed by atoms with Crippen LogP contribution in [0.15, 0.2) is 55.3 Å². The standard InChI is InChI=1S/C24H20F5N5O2/c1-2-21(35)31-17-10-14(9-15(25)11-17)22-18(24(27,28)29)13-30-23(33-22)32-16-3-4-19(26)20(12-16)34-5-7-36-8-6-34/h2-4,9-13H,1,5-8H2,(H,31,35)(H,30,32,33). The summed E-state index contributed by atoms with van der Waals surface area (Å²) in [6.45, 7) is 5.11. The van der Waals surface area contributed by atoms with E-state index in [9.17, 15) is 26.7 Å². The molecule has 3 aromatic rings. The van der Waals surface area contributed by atoms with Gasteiger partial charge < -0.3 is 20.3 Å². The number of hydrogen-bond acceptors (Lipinski definition) is 6. The van der Waals surface area contributed by atoms with Crippen molar-refractivity contribution in [3.8, 4) is 11.3 Å². The molecule has 0 radical (unpaired) electrons. The number of alkyl halides is 3. The Morgan fingerprint density at radius 1 is 1.08 bits per heavy atom. The van der Waals surface area contributed by atoms with Crippen LogP contribution in [0.3, 0.4) is 0 Å². The molecule has 2 aromatic carbocycles. The fraction of sp³-hybridized carbons (Fsp3) is 0.208. The molecule has 36 heavy (non-hydrogen) atoms. The highest BCUT2D eigenvalue weighted by Crippen LogP contribution is 2.37. The molecule has 2 N–H and O–H groups in total. The van der Waals surface area contributed by atoms with Crippen molar-refractivity contribution in [1.82, 2.24) is 9.97 Å². The summed E-state index contributed by atoms with van der Waals surface area (Å²) in [7, 11) is 0. The highest BCUT2D eigenvalue weighted by molar-refractivity contribution is 5.99. The number of benzene rings is 2. The summed E-state index contributed by atoms with van der Waals surface area (Å²) in [5.41, 5.74) is -1.49. The van der Waals surface area contributed by atoms with E-state index in [1.165, 1.54) is 18.2 Å². The second-order valence-electron chi connectivity index (χ2n) is 7.77. The highest BCUT2D eigenvalue weighted by atomic mass is 19.4. The van der Waals surface area contributed by atoms with Crippen molar-refractivity contribution < 1.29 is 31.5 Å². The summed E-state index contributed by atoms with van der Waals surface area (Å²) in [6.07, 6.45) is -3.33. The number of amides is 1. The SMILES string of the molecule is C=CC(=O)Nc1cc(F)cc(-c2nc(Nc3ccc(F)c(N4CCOCC4)c3)ncc2C(F)(F)F)c1. The normalized spacial score (nSPS) is 13.9. The molecule has 0 saturated carbocycles. The van der Waals surface area contributed by atoms with Crippen LogP contribution >= 0.6 is 0 Å². The van der Waals surface area contributed by atoms with Gasteiger partial charge in [-0.05, 0) is 42.5 Å². The first-order valence-electron chi connectivity index (χ1n) is 10.7. The van der Waals surface area contributed by atoms with Crippen molar-refractivity contribution >= 4 is 28.9 Å². The molecule has 7 nitrogen and oxygen atoms in total. The molecule has 1 amide bonds. The van der Waals surface area contributed by atoms with E-state index < -0.39 is 35.0 Å². The summed E-state index contributed by atoms with van der Waals surface area (Å²) < 4.78 is 75.1. The number of carbonyl (C=O) groups excluding carboxylic acids is 1. The third kappa shape index (κ3) is 5.77. The monoisotopic (exact) mass is 505 g/mol. The molecule has 2 heterocycles. The summed E-state index contributed by atoms with van der Waals surface area (Å²) in [5, 5.41) is 5.09. The Hall–Kier alpha value is -4.06. The summed E-state index contributed by atoms with van der Waals surface area (Å²) >= 11 is 0. The second kappa shape index (κ2) is 10.3. The number of anilines is 4. The van der Waals surface area contributed by atoms with E-state index in [1.807, 2.05) is 0 Å². The number of carbonyl (C=O) groups is 1. The minimum Gasteiger partial charge on any atom is -0.378 e. The molecule has 188 valence electrons. The first-order chi connectivity index (χ1) is 17.1. The van der Waals surface area contributed by atoms with Crippen molar-refractivity contribution in [1.29, 1.82) is 0 Å². The first kappa shape index (κ1) is 25.0. The number of halogens is 5. The van der Waals surface area contributed by atoms with Crippen LogP contribution in [-0.4, -0.2) is 42.2 Å². The average Bonchev–Trinajstić information content (AvgIpc) is 2.84. The molecule has 0 bridgehead atoms. The number of hydrogen-bond donors (Lipinski definition) is 2. The van der Waals surface area contributed by atoms with Crippen molar-refractivity contribution in [3.05, 3.63) is 72.4 Å². The third-order valence-corrected chi connectivity index (χ3v) is 5.27. The van der Waals surface area contributed by atoms with E-state index in [2.05, 4.69) is 27.2 Å². The lowest BCUT2D eigenvalue weighted by Crippen LogP contribution is -2.36. The zero-order valence-electron chi connectivity index (χ0n) is 18.7. The van der Waals surface area contributed by atoms with Gasteiger partial charge in [0.25, 0.3) is 0 Å². The molecule has 12 heteroatoms. The van der Waals surface area contributed by atoms with Gasteiger partial charge in [-0.3, -0.25) is 4.79 Å². The largest absolute Gasteiger partial charge is 0.419 e. The van der Waals surface area contributed by atoms with Crippen LogP contribution in [0.1, 0.15) is 5.56 Å². The van der Waals surface area contributed by atoms with Gasteiger partial charge in [0, 0.05) is 36.2 Å². The predicted molar refractivity (Wildman–Crippen MR) is 124 cm³/mol. The van der Waals surface area contributed by atoms with Gasteiger partial charge >= 0.3 is 6.18 Å². The summed E-state index contributed by atoms with van der Waals surface area (Å²) in [4.78, 5) is 21.1. The van der Waals surface area contributed by atoms with E-state index in [0.29, 0.717) is 43.9 Å². The smallest absolute Gasteiger partial charge is 0.378 e. The van der Waals surface area contributed by atoms with E-state index in [0.717, 1.165) is 24.3 Å². The fourth-order valence-corrected chi connectivity index (χ4v) is 3.63. The van der Waals surface area contributed by atoms with Gasteiger partial charge in [0.05, 0.1) is 24.6 Å².